The van der Waals surface area contributed by atoms with E-state index in [1.165, 1.54) is 30.5 Å². The van der Waals surface area contributed by atoms with E-state index in [4.69, 9.17) is 0 Å². The third-order valence-electron chi connectivity index (χ3n) is 2.74. The van der Waals surface area contributed by atoms with Gasteiger partial charge in [0.05, 0.1) is 11.1 Å². The van der Waals surface area contributed by atoms with Crippen LogP contribution in [0.1, 0.15) is 21.5 Å². The largest absolute Gasteiger partial charge is 0.271 e. The second kappa shape index (κ2) is 6.42. The third kappa shape index (κ3) is 3.97. The molecule has 21 heavy (non-hydrogen) atoms. The fourth-order valence-corrected chi connectivity index (χ4v) is 1.74. The van der Waals surface area contributed by atoms with Crippen molar-refractivity contribution in [2.24, 2.45) is 5.10 Å². The molecule has 6 heteroatoms. The van der Waals surface area contributed by atoms with Crippen molar-refractivity contribution in [1.29, 1.82) is 0 Å². The number of non-ortho nitro benzene ring substituents is 1. The molecular weight excluding hydrogens is 270 g/mol. The van der Waals surface area contributed by atoms with Gasteiger partial charge in [-0.2, -0.15) is 5.10 Å². The number of hydrogen-bond donors (Lipinski definition) is 1. The molecule has 0 aliphatic heterocycles. The van der Waals surface area contributed by atoms with Crippen LogP contribution in [0.4, 0.5) is 5.69 Å². The number of rotatable bonds is 4. The van der Waals surface area contributed by atoms with Crippen LogP contribution in [0.2, 0.25) is 0 Å². The Labute approximate surface area is 121 Å². The molecule has 0 aliphatic carbocycles. The molecule has 0 radical (unpaired) electrons. The second-order valence-corrected chi connectivity index (χ2v) is 4.42. The highest BCUT2D eigenvalue weighted by atomic mass is 16.6. The summed E-state index contributed by atoms with van der Waals surface area (Å²) in [5, 5.41) is 14.5. The summed E-state index contributed by atoms with van der Waals surface area (Å²) in [6, 6.07) is 13.1. The molecule has 0 bridgehead atoms. The molecule has 2 rings (SSSR count). The van der Waals surface area contributed by atoms with Gasteiger partial charge in [-0.25, -0.2) is 5.43 Å². The van der Waals surface area contributed by atoms with Gasteiger partial charge in [-0.1, -0.05) is 35.9 Å². The molecular formula is C15H13N3O3. The number of carbonyl (C=O) groups is 1. The van der Waals surface area contributed by atoms with Gasteiger partial charge in [-0.15, -0.1) is 0 Å². The molecule has 1 N–H and O–H groups in total. The monoisotopic (exact) mass is 283 g/mol. The third-order valence-corrected chi connectivity index (χ3v) is 2.74. The maximum atomic E-state index is 11.8. The standard InChI is InChI=1S/C15H13N3O3/c1-11-4-2-5-12(8-11)10-16-17-15(19)13-6-3-7-14(9-13)18(20)21/h2-10H,1H3,(H,17,19)/b16-10+. The van der Waals surface area contributed by atoms with E-state index in [2.05, 4.69) is 10.5 Å². The highest BCUT2D eigenvalue weighted by Gasteiger charge is 2.10. The van der Waals surface area contributed by atoms with E-state index < -0.39 is 10.8 Å². The molecule has 1 amide bonds. The first-order valence-corrected chi connectivity index (χ1v) is 6.21. The number of hydrazone groups is 1. The smallest absolute Gasteiger partial charge is 0.267 e. The van der Waals surface area contributed by atoms with Crippen molar-refractivity contribution in [2.75, 3.05) is 0 Å². The first kappa shape index (κ1) is 14.4. The van der Waals surface area contributed by atoms with Gasteiger partial charge in [0.1, 0.15) is 0 Å². The van der Waals surface area contributed by atoms with Crippen molar-refractivity contribution < 1.29 is 9.72 Å². The number of amides is 1. The molecule has 0 heterocycles. The molecule has 0 aromatic heterocycles. The molecule has 2 aromatic rings. The fourth-order valence-electron chi connectivity index (χ4n) is 1.74. The fraction of sp³-hybridized carbons (Fsp3) is 0.0667. The van der Waals surface area contributed by atoms with E-state index >= 15 is 0 Å². The zero-order chi connectivity index (χ0) is 15.2. The SMILES string of the molecule is Cc1cccc(/C=N/NC(=O)c2cccc([N+](=O)[O-])c2)c1. The van der Waals surface area contributed by atoms with Gasteiger partial charge in [-0.05, 0) is 18.6 Å². The van der Waals surface area contributed by atoms with Crippen LogP contribution in [-0.2, 0) is 0 Å². The Morgan fingerprint density at radius 2 is 2.00 bits per heavy atom. The molecule has 0 spiro atoms. The van der Waals surface area contributed by atoms with Crippen LogP contribution in [0.5, 0.6) is 0 Å². The Morgan fingerprint density at radius 3 is 2.71 bits per heavy atom. The molecule has 0 fully saturated rings. The van der Waals surface area contributed by atoms with Crippen LogP contribution in [0.15, 0.2) is 53.6 Å². The Bertz CT molecular complexity index is 711. The maximum Gasteiger partial charge on any atom is 0.271 e. The predicted octanol–water partition coefficient (Wildman–Crippen LogP) is 2.67. The van der Waals surface area contributed by atoms with Crippen molar-refractivity contribution in [2.45, 2.75) is 6.92 Å². The zero-order valence-corrected chi connectivity index (χ0v) is 11.3. The molecule has 0 saturated carbocycles. The lowest BCUT2D eigenvalue weighted by Gasteiger charge is -2.00. The lowest BCUT2D eigenvalue weighted by atomic mass is 10.2. The van der Waals surface area contributed by atoms with Crippen molar-refractivity contribution in [1.82, 2.24) is 5.43 Å². The molecule has 6 nitrogen and oxygen atoms in total. The van der Waals surface area contributed by atoms with E-state index in [-0.39, 0.29) is 11.3 Å². The average Bonchev–Trinajstić information content (AvgIpc) is 2.47. The topological polar surface area (TPSA) is 84.6 Å². The van der Waals surface area contributed by atoms with Gasteiger partial charge < -0.3 is 0 Å². The first-order chi connectivity index (χ1) is 10.1. The van der Waals surface area contributed by atoms with E-state index in [1.54, 1.807) is 0 Å². The normalized spacial score (nSPS) is 10.5. The van der Waals surface area contributed by atoms with Crippen molar-refractivity contribution in [3.63, 3.8) is 0 Å². The Morgan fingerprint density at radius 1 is 1.24 bits per heavy atom. The molecule has 0 atom stereocenters. The highest BCUT2D eigenvalue weighted by Crippen LogP contribution is 2.12. The van der Waals surface area contributed by atoms with Crippen molar-refractivity contribution >= 4 is 17.8 Å². The predicted molar refractivity (Wildman–Crippen MR) is 79.3 cm³/mol. The summed E-state index contributed by atoms with van der Waals surface area (Å²) in [6.45, 7) is 1.96. The van der Waals surface area contributed by atoms with E-state index in [1.807, 2.05) is 31.2 Å². The van der Waals surface area contributed by atoms with Gasteiger partial charge in [-0.3, -0.25) is 14.9 Å². The second-order valence-electron chi connectivity index (χ2n) is 4.42. The number of aryl methyl sites for hydroxylation is 1. The van der Waals surface area contributed by atoms with Crippen LogP contribution in [0, 0.1) is 17.0 Å². The van der Waals surface area contributed by atoms with Crippen LogP contribution in [-0.4, -0.2) is 17.0 Å². The van der Waals surface area contributed by atoms with Gasteiger partial charge in [0, 0.05) is 17.7 Å². The summed E-state index contributed by atoms with van der Waals surface area (Å²) < 4.78 is 0. The van der Waals surface area contributed by atoms with Gasteiger partial charge in [0.2, 0.25) is 0 Å². The molecule has 2 aromatic carbocycles. The van der Waals surface area contributed by atoms with E-state index in [9.17, 15) is 14.9 Å². The number of nitro groups is 1. The summed E-state index contributed by atoms with van der Waals surface area (Å²) in [6.07, 6.45) is 1.52. The number of nitrogens with one attached hydrogen (secondary N) is 1. The van der Waals surface area contributed by atoms with Crippen molar-refractivity contribution in [3.8, 4) is 0 Å². The van der Waals surface area contributed by atoms with Gasteiger partial charge in [0.15, 0.2) is 0 Å². The first-order valence-electron chi connectivity index (χ1n) is 6.21. The minimum absolute atomic E-state index is 0.134. The number of carbonyl (C=O) groups excluding carboxylic acids is 1. The van der Waals surface area contributed by atoms with Gasteiger partial charge >= 0.3 is 0 Å². The molecule has 106 valence electrons. The van der Waals surface area contributed by atoms with E-state index in [0.717, 1.165) is 11.1 Å². The number of nitrogens with zero attached hydrogens (tertiary/aromatic N) is 2. The van der Waals surface area contributed by atoms with Crippen molar-refractivity contribution in [3.05, 3.63) is 75.3 Å². The molecule has 0 aliphatic rings. The summed E-state index contributed by atoms with van der Waals surface area (Å²) in [4.78, 5) is 21.9. The zero-order valence-electron chi connectivity index (χ0n) is 11.3. The summed E-state index contributed by atoms with van der Waals surface area (Å²) in [5.41, 5.74) is 4.34. The summed E-state index contributed by atoms with van der Waals surface area (Å²) >= 11 is 0. The highest BCUT2D eigenvalue weighted by molar-refractivity contribution is 5.95. The Balaban J connectivity index is 2.05. The lowest BCUT2D eigenvalue weighted by Crippen LogP contribution is -2.17. The van der Waals surface area contributed by atoms with E-state index in [0.29, 0.717) is 0 Å². The number of hydrogen-bond acceptors (Lipinski definition) is 4. The summed E-state index contributed by atoms with van der Waals surface area (Å²) in [5.74, 6) is -0.498. The molecule has 0 unspecified atom stereocenters. The lowest BCUT2D eigenvalue weighted by molar-refractivity contribution is -0.384. The number of benzene rings is 2. The Kier molecular flexibility index (Phi) is 4.40. The van der Waals surface area contributed by atoms with Crippen LogP contribution in [0.25, 0.3) is 0 Å². The van der Waals surface area contributed by atoms with Crippen LogP contribution >= 0.6 is 0 Å². The van der Waals surface area contributed by atoms with Crippen LogP contribution < -0.4 is 5.43 Å². The quantitative estimate of drug-likeness (QED) is 0.532. The maximum absolute atomic E-state index is 11.8. The minimum Gasteiger partial charge on any atom is -0.267 e. The molecule has 0 saturated heterocycles. The number of nitro benzene ring substituents is 1. The van der Waals surface area contributed by atoms with Crippen LogP contribution in [0.3, 0.4) is 0 Å². The minimum atomic E-state index is -0.549. The average molecular weight is 283 g/mol. The summed E-state index contributed by atoms with van der Waals surface area (Å²) in [7, 11) is 0. The van der Waals surface area contributed by atoms with Gasteiger partial charge in [0.25, 0.3) is 11.6 Å². The Hall–Kier alpha value is -3.02.